The lowest BCUT2D eigenvalue weighted by molar-refractivity contribution is -0.116. The third-order valence-corrected chi connectivity index (χ3v) is 4.50. The number of aromatic nitrogens is 5. The van der Waals surface area contributed by atoms with Gasteiger partial charge in [0.25, 0.3) is 0 Å². The molecule has 4 aromatic rings. The third kappa shape index (κ3) is 2.71. The van der Waals surface area contributed by atoms with Crippen LogP contribution < -0.4 is 5.32 Å². The quantitative estimate of drug-likeness (QED) is 0.615. The Morgan fingerprint density at radius 3 is 2.88 bits per heavy atom. The van der Waals surface area contributed by atoms with Gasteiger partial charge < -0.3 is 9.88 Å². The summed E-state index contributed by atoms with van der Waals surface area (Å²) in [7, 11) is 1.86. The van der Waals surface area contributed by atoms with E-state index >= 15 is 0 Å². The van der Waals surface area contributed by atoms with Crippen LogP contribution in [-0.4, -0.2) is 30.2 Å². The number of aryl methyl sites for hydroxylation is 3. The molecule has 0 aliphatic heterocycles. The minimum atomic E-state index is -0.106. The number of carbonyl (C=O) groups excluding carboxylic acids is 1. The highest BCUT2D eigenvalue weighted by Gasteiger charge is 2.13. The minimum absolute atomic E-state index is 0.106. The molecule has 7 nitrogen and oxygen atoms in total. The van der Waals surface area contributed by atoms with Crippen molar-refractivity contribution in [1.29, 1.82) is 0 Å². The van der Waals surface area contributed by atoms with Crippen molar-refractivity contribution in [2.75, 3.05) is 5.32 Å². The Labute approximate surface area is 150 Å². The van der Waals surface area contributed by atoms with Gasteiger partial charge in [-0.1, -0.05) is 19.1 Å². The molecule has 3 heterocycles. The Morgan fingerprint density at radius 2 is 2.08 bits per heavy atom. The zero-order valence-electron chi connectivity index (χ0n) is 15.0. The van der Waals surface area contributed by atoms with Gasteiger partial charge in [0.1, 0.15) is 12.4 Å². The number of nitrogens with zero attached hydrogens (tertiary/aromatic N) is 5. The monoisotopic (exact) mass is 348 g/mol. The van der Waals surface area contributed by atoms with Crippen LogP contribution in [0.1, 0.15) is 18.4 Å². The van der Waals surface area contributed by atoms with E-state index in [-0.39, 0.29) is 12.5 Å². The van der Waals surface area contributed by atoms with Crippen LogP contribution in [0.15, 0.2) is 36.5 Å². The van der Waals surface area contributed by atoms with E-state index in [4.69, 9.17) is 0 Å². The van der Waals surface area contributed by atoms with Crippen molar-refractivity contribution in [2.24, 2.45) is 7.05 Å². The predicted molar refractivity (Wildman–Crippen MR) is 101 cm³/mol. The zero-order valence-corrected chi connectivity index (χ0v) is 15.0. The van der Waals surface area contributed by atoms with Gasteiger partial charge in [0, 0.05) is 18.9 Å². The molecule has 0 atom stereocenters. The zero-order chi connectivity index (χ0) is 18.3. The fourth-order valence-corrected chi connectivity index (χ4v) is 3.29. The van der Waals surface area contributed by atoms with Crippen molar-refractivity contribution in [1.82, 2.24) is 24.3 Å². The summed E-state index contributed by atoms with van der Waals surface area (Å²) in [5.41, 5.74) is 4.23. The first-order chi connectivity index (χ1) is 12.6. The maximum atomic E-state index is 12.6. The number of rotatable bonds is 4. The SMILES string of the molecule is CCc1nc2ccccc2n1CC(=O)Nc1cnc2c(c1)c(C)nn2C. The van der Waals surface area contributed by atoms with E-state index in [1.807, 2.05) is 55.8 Å². The van der Waals surface area contributed by atoms with Crippen molar-refractivity contribution < 1.29 is 4.79 Å². The lowest BCUT2D eigenvalue weighted by atomic mass is 10.2. The predicted octanol–water partition coefficient (Wildman–Crippen LogP) is 2.83. The van der Waals surface area contributed by atoms with Crippen LogP contribution in [-0.2, 0) is 24.8 Å². The molecule has 0 aliphatic rings. The molecule has 0 fully saturated rings. The van der Waals surface area contributed by atoms with E-state index in [9.17, 15) is 4.79 Å². The highest BCUT2D eigenvalue weighted by molar-refractivity contribution is 5.93. The molecule has 7 heteroatoms. The molecule has 1 amide bonds. The van der Waals surface area contributed by atoms with Gasteiger partial charge in [0.2, 0.25) is 5.91 Å². The topological polar surface area (TPSA) is 77.6 Å². The molecule has 1 aromatic carbocycles. The average molecular weight is 348 g/mol. The Morgan fingerprint density at radius 1 is 1.27 bits per heavy atom. The molecule has 0 spiro atoms. The molecular weight excluding hydrogens is 328 g/mol. The van der Waals surface area contributed by atoms with Gasteiger partial charge in [-0.2, -0.15) is 5.10 Å². The lowest BCUT2D eigenvalue weighted by Crippen LogP contribution is -2.20. The number of nitrogens with one attached hydrogen (secondary N) is 1. The first-order valence-electron chi connectivity index (χ1n) is 8.60. The Bertz CT molecular complexity index is 1120. The Kier molecular flexibility index (Phi) is 3.91. The summed E-state index contributed by atoms with van der Waals surface area (Å²) in [5, 5.41) is 8.23. The number of para-hydroxylation sites is 2. The van der Waals surface area contributed by atoms with Gasteiger partial charge in [-0.15, -0.1) is 0 Å². The van der Waals surface area contributed by atoms with E-state index in [0.29, 0.717) is 5.69 Å². The molecule has 0 bridgehead atoms. The second kappa shape index (κ2) is 6.25. The van der Waals surface area contributed by atoms with E-state index in [2.05, 4.69) is 20.4 Å². The van der Waals surface area contributed by atoms with Crippen LogP contribution in [0, 0.1) is 6.92 Å². The molecule has 4 rings (SSSR count). The van der Waals surface area contributed by atoms with Crippen molar-refractivity contribution in [3.05, 3.63) is 48.0 Å². The fourth-order valence-electron chi connectivity index (χ4n) is 3.29. The molecule has 0 saturated heterocycles. The van der Waals surface area contributed by atoms with E-state index in [0.717, 1.165) is 40.0 Å². The second-order valence-electron chi connectivity index (χ2n) is 6.31. The van der Waals surface area contributed by atoms with Crippen LogP contribution in [0.4, 0.5) is 5.69 Å². The fraction of sp³-hybridized carbons (Fsp3) is 0.263. The van der Waals surface area contributed by atoms with Gasteiger partial charge in [-0.3, -0.25) is 9.48 Å². The standard InChI is InChI=1S/C19H20N6O/c1-4-17-22-15-7-5-6-8-16(15)25(17)11-18(26)21-13-9-14-12(2)23-24(3)19(14)20-10-13/h5-10H,4,11H2,1-3H3,(H,21,26). The molecule has 1 N–H and O–H groups in total. The smallest absolute Gasteiger partial charge is 0.244 e. The summed E-state index contributed by atoms with van der Waals surface area (Å²) in [6.07, 6.45) is 2.43. The van der Waals surface area contributed by atoms with Crippen LogP contribution >= 0.6 is 0 Å². The minimum Gasteiger partial charge on any atom is -0.323 e. The highest BCUT2D eigenvalue weighted by atomic mass is 16.1. The van der Waals surface area contributed by atoms with E-state index < -0.39 is 0 Å². The van der Waals surface area contributed by atoms with Crippen LogP contribution in [0.5, 0.6) is 0 Å². The number of pyridine rings is 1. The average Bonchev–Trinajstić information content (AvgIpc) is 3.12. The molecule has 0 saturated carbocycles. The lowest BCUT2D eigenvalue weighted by Gasteiger charge is -2.09. The molecule has 0 unspecified atom stereocenters. The van der Waals surface area contributed by atoms with Crippen molar-refractivity contribution in [3.8, 4) is 0 Å². The number of anilines is 1. The molecule has 0 aliphatic carbocycles. The largest absolute Gasteiger partial charge is 0.323 e. The number of hydrogen-bond donors (Lipinski definition) is 1. The van der Waals surface area contributed by atoms with E-state index in [1.165, 1.54) is 0 Å². The summed E-state index contributed by atoms with van der Waals surface area (Å²) >= 11 is 0. The van der Waals surface area contributed by atoms with Crippen LogP contribution in [0.25, 0.3) is 22.1 Å². The first-order valence-corrected chi connectivity index (χ1v) is 8.60. The molecule has 3 aromatic heterocycles. The van der Waals surface area contributed by atoms with Crippen molar-refractivity contribution >= 4 is 33.7 Å². The summed E-state index contributed by atoms with van der Waals surface area (Å²) < 4.78 is 3.70. The maximum Gasteiger partial charge on any atom is 0.244 e. The Hall–Kier alpha value is -3.22. The van der Waals surface area contributed by atoms with E-state index in [1.54, 1.807) is 10.9 Å². The first kappa shape index (κ1) is 16.3. The van der Waals surface area contributed by atoms with Crippen molar-refractivity contribution in [2.45, 2.75) is 26.8 Å². The summed E-state index contributed by atoms with van der Waals surface area (Å²) in [6, 6.07) is 9.78. The number of amides is 1. The number of carbonyl (C=O) groups is 1. The number of fused-ring (bicyclic) bond motifs is 2. The van der Waals surface area contributed by atoms with Gasteiger partial charge >= 0.3 is 0 Å². The Balaban J connectivity index is 1.61. The second-order valence-corrected chi connectivity index (χ2v) is 6.31. The van der Waals surface area contributed by atoms with Crippen LogP contribution in [0.3, 0.4) is 0 Å². The normalized spacial score (nSPS) is 11.3. The van der Waals surface area contributed by atoms with Crippen LogP contribution in [0.2, 0.25) is 0 Å². The molecule has 26 heavy (non-hydrogen) atoms. The summed E-state index contributed by atoms with van der Waals surface area (Å²) in [4.78, 5) is 21.6. The molecule has 132 valence electrons. The summed E-state index contributed by atoms with van der Waals surface area (Å²) in [5.74, 6) is 0.795. The maximum absolute atomic E-state index is 12.6. The summed E-state index contributed by atoms with van der Waals surface area (Å²) in [6.45, 7) is 4.19. The van der Waals surface area contributed by atoms with Gasteiger partial charge in [0.05, 0.1) is 28.6 Å². The molecular formula is C19H20N6O. The van der Waals surface area contributed by atoms with Gasteiger partial charge in [-0.05, 0) is 25.1 Å². The highest BCUT2D eigenvalue weighted by Crippen LogP contribution is 2.20. The van der Waals surface area contributed by atoms with Gasteiger partial charge in [0.15, 0.2) is 5.65 Å². The number of hydrogen-bond acceptors (Lipinski definition) is 4. The number of imidazole rings is 1. The number of benzene rings is 1. The third-order valence-electron chi connectivity index (χ3n) is 4.50. The van der Waals surface area contributed by atoms with Crippen molar-refractivity contribution in [3.63, 3.8) is 0 Å². The van der Waals surface area contributed by atoms with Gasteiger partial charge in [-0.25, -0.2) is 9.97 Å². The molecule has 0 radical (unpaired) electrons.